The Kier molecular flexibility index (Phi) is 7.22. The summed E-state index contributed by atoms with van der Waals surface area (Å²) in [7, 11) is 1.19. The number of alkyl halides is 3. The second-order valence-corrected chi connectivity index (χ2v) is 8.63. The fourth-order valence-electron chi connectivity index (χ4n) is 3.71. The molecule has 0 radical (unpaired) electrons. The van der Waals surface area contributed by atoms with Gasteiger partial charge in [-0.25, -0.2) is 4.79 Å². The zero-order valence-corrected chi connectivity index (χ0v) is 18.4. The summed E-state index contributed by atoms with van der Waals surface area (Å²) in [5.74, 6) is -1.79. The molecule has 0 aliphatic heterocycles. The van der Waals surface area contributed by atoms with Crippen molar-refractivity contribution in [1.29, 1.82) is 0 Å². The Morgan fingerprint density at radius 3 is 2.41 bits per heavy atom. The van der Waals surface area contributed by atoms with Crippen LogP contribution in [-0.2, 0) is 15.7 Å². The minimum atomic E-state index is -4.55. The maximum Gasteiger partial charge on any atom is 0.416 e. The van der Waals surface area contributed by atoms with Gasteiger partial charge in [-0.05, 0) is 43.5 Å². The van der Waals surface area contributed by atoms with Crippen LogP contribution in [0.5, 0.6) is 0 Å². The third kappa shape index (κ3) is 5.29. The number of thiophene rings is 1. The van der Waals surface area contributed by atoms with E-state index in [1.807, 2.05) is 0 Å². The second-order valence-electron chi connectivity index (χ2n) is 7.61. The highest BCUT2D eigenvalue weighted by Crippen LogP contribution is 2.36. The van der Waals surface area contributed by atoms with Crippen LogP contribution >= 0.6 is 11.3 Å². The number of esters is 1. The Labute approximate surface area is 187 Å². The summed E-state index contributed by atoms with van der Waals surface area (Å²) < 4.78 is 43.7. The molecule has 1 aromatic heterocycles. The summed E-state index contributed by atoms with van der Waals surface area (Å²) in [6.45, 7) is 1.53. The number of hydrogen-bond acceptors (Lipinski definition) is 5. The first-order valence-electron chi connectivity index (χ1n) is 10.1. The fourth-order valence-corrected chi connectivity index (χ4v) is 4.80. The Bertz CT molecular complexity index is 1030. The fraction of sp³-hybridized carbons (Fsp3) is 0.409. The maximum atomic E-state index is 12.9. The number of nitrogens with one attached hydrogen (secondary N) is 2. The van der Waals surface area contributed by atoms with Crippen molar-refractivity contribution in [3.8, 4) is 0 Å². The summed E-state index contributed by atoms with van der Waals surface area (Å²) in [4.78, 5) is 37.9. The van der Waals surface area contributed by atoms with Crippen LogP contribution in [0.4, 0.5) is 23.9 Å². The van der Waals surface area contributed by atoms with Crippen molar-refractivity contribution in [2.24, 2.45) is 5.92 Å². The summed E-state index contributed by atoms with van der Waals surface area (Å²) in [6.07, 6.45) is -0.0469. The van der Waals surface area contributed by atoms with Crippen molar-refractivity contribution in [3.63, 3.8) is 0 Å². The molecular weight excluding hydrogens is 445 g/mol. The molecule has 10 heteroatoms. The van der Waals surface area contributed by atoms with Gasteiger partial charge in [0.2, 0.25) is 5.91 Å². The third-order valence-corrected chi connectivity index (χ3v) is 6.61. The van der Waals surface area contributed by atoms with Crippen LogP contribution in [0.25, 0.3) is 0 Å². The smallest absolute Gasteiger partial charge is 0.416 e. The van der Waals surface area contributed by atoms with E-state index in [1.165, 1.54) is 26.2 Å². The molecule has 1 aliphatic carbocycles. The molecular formula is C22H23F3N2O4S. The van der Waals surface area contributed by atoms with E-state index in [2.05, 4.69) is 10.6 Å². The number of methoxy groups -OCH3 is 1. The molecule has 1 aliphatic rings. The molecule has 32 heavy (non-hydrogen) atoms. The van der Waals surface area contributed by atoms with E-state index in [0.29, 0.717) is 0 Å². The van der Waals surface area contributed by atoms with E-state index in [-0.39, 0.29) is 38.5 Å². The van der Waals surface area contributed by atoms with Crippen LogP contribution < -0.4 is 10.6 Å². The minimum Gasteiger partial charge on any atom is -0.465 e. The molecule has 3 rings (SSSR count). The van der Waals surface area contributed by atoms with Crippen molar-refractivity contribution in [2.75, 3.05) is 17.7 Å². The highest BCUT2D eigenvalue weighted by Gasteiger charge is 2.31. The maximum absolute atomic E-state index is 12.9. The van der Waals surface area contributed by atoms with E-state index in [0.717, 1.165) is 55.6 Å². The van der Waals surface area contributed by atoms with E-state index in [1.54, 1.807) is 0 Å². The molecule has 1 heterocycles. The summed E-state index contributed by atoms with van der Waals surface area (Å²) in [6, 6.07) is 4.26. The number of anilines is 2. The number of ether oxygens (including phenoxy) is 1. The Morgan fingerprint density at radius 2 is 1.78 bits per heavy atom. The van der Waals surface area contributed by atoms with Gasteiger partial charge in [-0.3, -0.25) is 9.59 Å². The number of hydrogen-bond donors (Lipinski definition) is 2. The quantitative estimate of drug-likeness (QED) is 0.557. The van der Waals surface area contributed by atoms with Crippen LogP contribution in [0, 0.1) is 12.8 Å². The normalized spacial score (nSPS) is 14.7. The van der Waals surface area contributed by atoms with Crippen molar-refractivity contribution in [3.05, 3.63) is 45.8 Å². The lowest BCUT2D eigenvalue weighted by Gasteiger charge is -2.20. The molecule has 1 fully saturated rings. The number of rotatable bonds is 5. The number of carbonyl (C=O) groups excluding carboxylic acids is 3. The zero-order chi connectivity index (χ0) is 23.5. The largest absolute Gasteiger partial charge is 0.465 e. The number of benzene rings is 1. The summed E-state index contributed by atoms with van der Waals surface area (Å²) in [5.41, 5.74) is -0.583. The predicted molar refractivity (Wildman–Crippen MR) is 115 cm³/mol. The molecule has 0 spiro atoms. The average Bonchev–Trinajstić information content (AvgIpc) is 3.09. The van der Waals surface area contributed by atoms with E-state index < -0.39 is 23.6 Å². The number of amides is 2. The molecule has 0 atom stereocenters. The van der Waals surface area contributed by atoms with E-state index in [4.69, 9.17) is 4.74 Å². The van der Waals surface area contributed by atoms with Gasteiger partial charge in [-0.15, -0.1) is 11.3 Å². The Hall–Kier alpha value is -2.88. The monoisotopic (exact) mass is 468 g/mol. The third-order valence-electron chi connectivity index (χ3n) is 5.40. The van der Waals surface area contributed by atoms with Crippen LogP contribution in [-0.4, -0.2) is 24.9 Å². The van der Waals surface area contributed by atoms with Crippen molar-refractivity contribution >= 4 is 39.8 Å². The van der Waals surface area contributed by atoms with Gasteiger partial charge in [0.05, 0.1) is 23.1 Å². The van der Waals surface area contributed by atoms with E-state index in [9.17, 15) is 27.6 Å². The zero-order valence-electron chi connectivity index (χ0n) is 17.6. The van der Waals surface area contributed by atoms with Crippen LogP contribution in [0.1, 0.15) is 63.3 Å². The molecule has 1 aromatic carbocycles. The minimum absolute atomic E-state index is 0.0370. The van der Waals surface area contributed by atoms with Crippen molar-refractivity contribution < 1.29 is 32.3 Å². The molecule has 0 unspecified atom stereocenters. The first-order valence-corrected chi connectivity index (χ1v) is 10.9. The average molecular weight is 468 g/mol. The standard InChI is InChI=1S/C22H23F3N2O4S/c1-12-16(21(30)31-2)20(27-18(28)13-7-4-3-5-8-13)32-17(12)19(29)26-15-10-6-9-14(11-15)22(23,24)25/h6,9-11,13H,3-5,7-8H2,1-2H3,(H,26,29)(H,27,28). The van der Waals surface area contributed by atoms with Gasteiger partial charge in [-0.1, -0.05) is 25.3 Å². The van der Waals surface area contributed by atoms with Gasteiger partial charge in [0.1, 0.15) is 5.00 Å². The molecule has 172 valence electrons. The Morgan fingerprint density at radius 1 is 1.09 bits per heavy atom. The molecule has 0 saturated heterocycles. The first kappa shape index (κ1) is 23.8. The lowest BCUT2D eigenvalue weighted by molar-refractivity contribution is -0.137. The Balaban J connectivity index is 1.87. The van der Waals surface area contributed by atoms with Gasteiger partial charge in [0, 0.05) is 11.6 Å². The lowest BCUT2D eigenvalue weighted by Crippen LogP contribution is -2.25. The highest BCUT2D eigenvalue weighted by atomic mass is 32.1. The van der Waals surface area contributed by atoms with Gasteiger partial charge in [0.15, 0.2) is 0 Å². The molecule has 1 saturated carbocycles. The van der Waals surface area contributed by atoms with Crippen LogP contribution in [0.15, 0.2) is 24.3 Å². The van der Waals surface area contributed by atoms with Gasteiger partial charge in [-0.2, -0.15) is 13.2 Å². The highest BCUT2D eigenvalue weighted by molar-refractivity contribution is 7.18. The number of carbonyl (C=O) groups is 3. The van der Waals surface area contributed by atoms with Crippen LogP contribution in [0.2, 0.25) is 0 Å². The van der Waals surface area contributed by atoms with Gasteiger partial charge < -0.3 is 15.4 Å². The molecule has 2 amide bonds. The summed E-state index contributed by atoms with van der Waals surface area (Å²) >= 11 is 0.892. The van der Waals surface area contributed by atoms with Gasteiger partial charge in [0.25, 0.3) is 5.91 Å². The first-order chi connectivity index (χ1) is 15.1. The predicted octanol–water partition coefficient (Wildman–Crippen LogP) is 5.63. The molecule has 2 N–H and O–H groups in total. The molecule has 0 bridgehead atoms. The number of halogens is 3. The van der Waals surface area contributed by atoms with Crippen molar-refractivity contribution in [1.82, 2.24) is 0 Å². The molecule has 2 aromatic rings. The topological polar surface area (TPSA) is 84.5 Å². The van der Waals surface area contributed by atoms with Crippen molar-refractivity contribution in [2.45, 2.75) is 45.2 Å². The summed E-state index contributed by atoms with van der Waals surface area (Å²) in [5, 5.41) is 5.38. The van der Waals surface area contributed by atoms with Crippen LogP contribution in [0.3, 0.4) is 0 Å². The molecule has 6 nitrogen and oxygen atoms in total. The SMILES string of the molecule is COC(=O)c1c(NC(=O)C2CCCCC2)sc(C(=O)Nc2cccc(C(F)(F)F)c2)c1C. The second kappa shape index (κ2) is 9.72. The lowest BCUT2D eigenvalue weighted by atomic mass is 9.89. The van der Waals surface area contributed by atoms with E-state index >= 15 is 0 Å². The van der Waals surface area contributed by atoms with Gasteiger partial charge >= 0.3 is 12.1 Å².